The van der Waals surface area contributed by atoms with Crippen molar-refractivity contribution in [3.8, 4) is 0 Å². The van der Waals surface area contributed by atoms with E-state index < -0.39 is 0 Å². The molecule has 0 N–H and O–H groups in total. The summed E-state index contributed by atoms with van der Waals surface area (Å²) in [5.41, 5.74) is 0.895. The maximum absolute atomic E-state index is 11.8. The van der Waals surface area contributed by atoms with Gasteiger partial charge in [0.05, 0.1) is 0 Å². The van der Waals surface area contributed by atoms with Crippen LogP contribution in [0.3, 0.4) is 0 Å². The summed E-state index contributed by atoms with van der Waals surface area (Å²) in [5.74, 6) is 0.878. The lowest BCUT2D eigenvalue weighted by Crippen LogP contribution is -2.25. The van der Waals surface area contributed by atoms with Crippen molar-refractivity contribution in [2.75, 3.05) is 0 Å². The molecule has 1 heterocycles. The quantitative estimate of drug-likeness (QED) is 0.599. The van der Waals surface area contributed by atoms with Gasteiger partial charge in [-0.1, -0.05) is 44.5 Å². The Balaban J connectivity index is 3.24. The minimum atomic E-state index is -0.113. The molecule has 0 aromatic carbocycles. The zero-order valence-corrected chi connectivity index (χ0v) is 10.7. The summed E-state index contributed by atoms with van der Waals surface area (Å²) < 4.78 is 1.64. The second-order valence-corrected chi connectivity index (χ2v) is 4.51. The summed E-state index contributed by atoms with van der Waals surface area (Å²) in [6.07, 6.45) is 0.854. The van der Waals surface area contributed by atoms with Crippen molar-refractivity contribution in [2.24, 2.45) is 0 Å². The van der Waals surface area contributed by atoms with Crippen molar-refractivity contribution in [1.29, 1.82) is 0 Å². The van der Waals surface area contributed by atoms with Crippen LogP contribution in [-0.2, 0) is 6.54 Å². The van der Waals surface area contributed by atoms with Gasteiger partial charge in [0, 0.05) is 18.5 Å². The summed E-state index contributed by atoms with van der Waals surface area (Å²) in [6, 6.07) is 1.34. The first-order chi connectivity index (χ1) is 7.45. The smallest absolute Gasteiger partial charge is 0.255 e. The van der Waals surface area contributed by atoms with Crippen LogP contribution in [0, 0.1) is 0 Å². The van der Waals surface area contributed by atoms with E-state index in [9.17, 15) is 4.79 Å². The fourth-order valence-electron chi connectivity index (χ4n) is 1.43. The monoisotopic (exact) mass is 240 g/mol. The van der Waals surface area contributed by atoms with Crippen LogP contribution in [0.5, 0.6) is 0 Å². The fraction of sp³-hybridized carbons (Fsp3) is 0.500. The SMILES string of the molecule is C=C(CC)Cn1c(C(C)C)nc(Cl)cc1=O. The Hall–Kier alpha value is -1.09. The minimum Gasteiger partial charge on any atom is -0.292 e. The van der Waals surface area contributed by atoms with E-state index in [1.165, 1.54) is 6.07 Å². The minimum absolute atomic E-state index is 0.113. The Kier molecular flexibility index (Phi) is 4.30. The van der Waals surface area contributed by atoms with Crippen molar-refractivity contribution in [3.63, 3.8) is 0 Å². The van der Waals surface area contributed by atoms with Crippen molar-refractivity contribution >= 4 is 11.6 Å². The van der Waals surface area contributed by atoms with Gasteiger partial charge in [-0.15, -0.1) is 0 Å². The molecule has 0 amide bonds. The lowest BCUT2D eigenvalue weighted by atomic mass is 10.2. The van der Waals surface area contributed by atoms with Crippen LogP contribution in [0.15, 0.2) is 23.0 Å². The van der Waals surface area contributed by atoms with Crippen molar-refractivity contribution in [2.45, 2.75) is 39.7 Å². The molecule has 0 fully saturated rings. The molecule has 0 aliphatic rings. The number of nitrogens with zero attached hydrogens (tertiary/aromatic N) is 2. The molecule has 0 aliphatic heterocycles. The normalized spacial score (nSPS) is 10.8. The highest BCUT2D eigenvalue weighted by Gasteiger charge is 2.11. The average Bonchev–Trinajstić information content (AvgIpc) is 2.20. The van der Waals surface area contributed by atoms with Crippen LogP contribution in [0.25, 0.3) is 0 Å². The molecule has 0 saturated carbocycles. The van der Waals surface area contributed by atoms with Gasteiger partial charge in [-0.3, -0.25) is 9.36 Å². The Labute approximate surface area is 101 Å². The third-order valence-corrected chi connectivity index (χ3v) is 2.60. The summed E-state index contributed by atoms with van der Waals surface area (Å²) in [5, 5.41) is 0.257. The molecule has 0 spiro atoms. The topological polar surface area (TPSA) is 34.9 Å². The molecule has 3 nitrogen and oxygen atoms in total. The number of aromatic nitrogens is 2. The summed E-state index contributed by atoms with van der Waals surface area (Å²) in [4.78, 5) is 16.0. The van der Waals surface area contributed by atoms with Gasteiger partial charge >= 0.3 is 0 Å². The van der Waals surface area contributed by atoms with E-state index in [0.29, 0.717) is 12.4 Å². The Morgan fingerprint density at radius 3 is 2.75 bits per heavy atom. The van der Waals surface area contributed by atoms with Crippen LogP contribution in [0.2, 0.25) is 5.15 Å². The van der Waals surface area contributed by atoms with E-state index in [2.05, 4.69) is 11.6 Å². The number of halogens is 1. The average molecular weight is 241 g/mol. The largest absolute Gasteiger partial charge is 0.292 e. The van der Waals surface area contributed by atoms with E-state index in [1.807, 2.05) is 20.8 Å². The third kappa shape index (κ3) is 2.95. The van der Waals surface area contributed by atoms with Gasteiger partial charge in [0.25, 0.3) is 5.56 Å². The second-order valence-electron chi connectivity index (χ2n) is 4.12. The molecule has 0 saturated heterocycles. The van der Waals surface area contributed by atoms with Gasteiger partial charge in [-0.05, 0) is 6.42 Å². The highest BCUT2D eigenvalue weighted by atomic mass is 35.5. The van der Waals surface area contributed by atoms with Crippen LogP contribution in [0.4, 0.5) is 0 Å². The molecular formula is C12H17ClN2O. The number of hydrogen-bond acceptors (Lipinski definition) is 2. The zero-order chi connectivity index (χ0) is 12.3. The molecule has 0 atom stereocenters. The highest BCUT2D eigenvalue weighted by molar-refractivity contribution is 6.29. The molecule has 1 rings (SSSR count). The van der Waals surface area contributed by atoms with Crippen molar-refractivity contribution in [1.82, 2.24) is 9.55 Å². The first-order valence-corrected chi connectivity index (χ1v) is 5.77. The van der Waals surface area contributed by atoms with Gasteiger partial charge in [0.2, 0.25) is 0 Å². The third-order valence-electron chi connectivity index (χ3n) is 2.40. The van der Waals surface area contributed by atoms with Gasteiger partial charge in [-0.25, -0.2) is 4.98 Å². The Morgan fingerprint density at radius 1 is 1.62 bits per heavy atom. The van der Waals surface area contributed by atoms with Gasteiger partial charge < -0.3 is 0 Å². The van der Waals surface area contributed by atoms with E-state index in [4.69, 9.17) is 11.6 Å². The highest BCUT2D eigenvalue weighted by Crippen LogP contribution is 2.14. The molecule has 16 heavy (non-hydrogen) atoms. The Morgan fingerprint density at radius 2 is 2.25 bits per heavy atom. The summed E-state index contributed by atoms with van der Waals surface area (Å²) in [7, 11) is 0. The van der Waals surface area contributed by atoms with Crippen LogP contribution in [0.1, 0.15) is 38.9 Å². The predicted octanol–water partition coefficient (Wildman–Crippen LogP) is 2.99. The van der Waals surface area contributed by atoms with E-state index >= 15 is 0 Å². The molecule has 0 aliphatic carbocycles. The van der Waals surface area contributed by atoms with Crippen LogP contribution < -0.4 is 5.56 Å². The maximum Gasteiger partial charge on any atom is 0.255 e. The lowest BCUT2D eigenvalue weighted by Gasteiger charge is -2.15. The van der Waals surface area contributed by atoms with E-state index in [1.54, 1.807) is 4.57 Å². The van der Waals surface area contributed by atoms with Crippen molar-refractivity contribution < 1.29 is 0 Å². The van der Waals surface area contributed by atoms with Gasteiger partial charge in [-0.2, -0.15) is 0 Å². The zero-order valence-electron chi connectivity index (χ0n) is 9.96. The van der Waals surface area contributed by atoms with Crippen LogP contribution in [-0.4, -0.2) is 9.55 Å². The molecule has 0 unspecified atom stereocenters. The van der Waals surface area contributed by atoms with Gasteiger partial charge in [0.1, 0.15) is 11.0 Å². The first kappa shape index (κ1) is 13.0. The molecule has 88 valence electrons. The first-order valence-electron chi connectivity index (χ1n) is 5.39. The maximum atomic E-state index is 11.8. The fourth-order valence-corrected chi connectivity index (χ4v) is 1.61. The summed E-state index contributed by atoms with van der Waals surface area (Å²) in [6.45, 7) is 10.4. The van der Waals surface area contributed by atoms with Crippen LogP contribution >= 0.6 is 11.6 Å². The molecule has 4 heteroatoms. The number of hydrogen-bond donors (Lipinski definition) is 0. The predicted molar refractivity (Wildman–Crippen MR) is 67.0 cm³/mol. The van der Waals surface area contributed by atoms with E-state index in [-0.39, 0.29) is 16.6 Å². The molecule has 0 radical (unpaired) electrons. The number of allylic oxidation sites excluding steroid dienone is 1. The molecule has 1 aromatic heterocycles. The summed E-state index contributed by atoms with van der Waals surface area (Å²) >= 11 is 5.79. The molecule has 0 bridgehead atoms. The standard InChI is InChI=1S/C12H17ClN2O/c1-5-9(4)7-15-11(16)6-10(13)14-12(15)8(2)3/h6,8H,4-5,7H2,1-3H3. The van der Waals surface area contributed by atoms with Gasteiger partial charge in [0.15, 0.2) is 0 Å². The second kappa shape index (κ2) is 5.30. The molecular weight excluding hydrogens is 224 g/mol. The van der Waals surface area contributed by atoms with E-state index in [0.717, 1.165) is 12.0 Å². The van der Waals surface area contributed by atoms with Crippen molar-refractivity contribution in [3.05, 3.63) is 39.5 Å². The number of rotatable bonds is 4. The Bertz CT molecular complexity index is 449. The lowest BCUT2D eigenvalue weighted by molar-refractivity contribution is 0.613. The molecule has 1 aromatic rings.